The molecule has 0 bridgehead atoms. The predicted octanol–water partition coefficient (Wildman–Crippen LogP) is 1.67. The van der Waals surface area contributed by atoms with E-state index in [9.17, 15) is 4.79 Å². The van der Waals surface area contributed by atoms with Gasteiger partial charge in [0.05, 0.1) is 6.42 Å². The van der Waals surface area contributed by atoms with Gasteiger partial charge >= 0.3 is 5.97 Å². The van der Waals surface area contributed by atoms with Crippen LogP contribution in [0.2, 0.25) is 0 Å². The third-order valence-electron chi connectivity index (χ3n) is 3.77. The molecule has 19 heavy (non-hydrogen) atoms. The second-order valence-electron chi connectivity index (χ2n) is 5.32. The number of rotatable bonds is 5. The molecule has 2 rings (SSSR count). The topological polar surface area (TPSA) is 75.3 Å². The minimum atomic E-state index is -0.793. The first kappa shape index (κ1) is 14.0. The van der Waals surface area contributed by atoms with Gasteiger partial charge in [0.15, 0.2) is 0 Å². The Morgan fingerprint density at radius 2 is 1.84 bits per heavy atom. The maximum absolute atomic E-state index is 10.6. The zero-order valence-electron chi connectivity index (χ0n) is 11.1. The number of hydrogen-bond donors (Lipinski definition) is 3. The van der Waals surface area contributed by atoms with Crippen molar-refractivity contribution in [2.24, 2.45) is 5.73 Å². The average Bonchev–Trinajstić information content (AvgIpc) is 2.39. The Morgan fingerprint density at radius 1 is 1.21 bits per heavy atom. The van der Waals surface area contributed by atoms with Gasteiger partial charge in [-0.25, -0.2) is 0 Å². The Balaban J connectivity index is 1.84. The summed E-state index contributed by atoms with van der Waals surface area (Å²) >= 11 is 0. The lowest BCUT2D eigenvalue weighted by Crippen LogP contribution is -2.46. The van der Waals surface area contributed by atoms with Crippen molar-refractivity contribution in [1.82, 2.24) is 5.32 Å². The van der Waals surface area contributed by atoms with Crippen LogP contribution in [0.5, 0.6) is 0 Å². The molecule has 1 aromatic carbocycles. The summed E-state index contributed by atoms with van der Waals surface area (Å²) in [4.78, 5) is 10.6. The average molecular weight is 262 g/mol. The summed E-state index contributed by atoms with van der Waals surface area (Å²) in [6.45, 7) is 0.797. The van der Waals surface area contributed by atoms with Crippen LogP contribution in [0.1, 0.15) is 36.8 Å². The van der Waals surface area contributed by atoms with Crippen LogP contribution in [0.25, 0.3) is 0 Å². The van der Waals surface area contributed by atoms with Crippen molar-refractivity contribution in [2.75, 3.05) is 0 Å². The molecule has 0 amide bonds. The highest BCUT2D eigenvalue weighted by molar-refractivity contribution is 5.70. The summed E-state index contributed by atoms with van der Waals surface area (Å²) in [5, 5.41) is 12.2. The molecule has 0 spiro atoms. The van der Waals surface area contributed by atoms with Gasteiger partial charge in [0.1, 0.15) is 0 Å². The number of carboxylic acid groups (broad SMARTS) is 1. The lowest BCUT2D eigenvalue weighted by atomic mass is 9.91. The number of aliphatic carboxylic acids is 1. The molecular formula is C15H22N2O2. The number of nitrogens with two attached hydrogens (primary N) is 1. The maximum atomic E-state index is 10.6. The molecule has 0 heterocycles. The zero-order chi connectivity index (χ0) is 13.7. The van der Waals surface area contributed by atoms with E-state index in [-0.39, 0.29) is 12.5 Å². The molecule has 0 aromatic heterocycles. The van der Waals surface area contributed by atoms with Gasteiger partial charge in [-0.05, 0) is 24.0 Å². The molecule has 4 N–H and O–H groups in total. The van der Waals surface area contributed by atoms with E-state index >= 15 is 0 Å². The van der Waals surface area contributed by atoms with Gasteiger partial charge in [0, 0.05) is 18.6 Å². The Hall–Kier alpha value is -1.39. The van der Waals surface area contributed by atoms with Gasteiger partial charge in [-0.15, -0.1) is 0 Å². The minimum Gasteiger partial charge on any atom is -0.481 e. The standard InChI is InChI=1S/C15H22N2O2/c16-13-3-1-2-4-14(13)17-10-12-7-5-11(6-8-12)9-15(18)19/h5-8,13-14,17H,1-4,9-10,16H2,(H,18,19). The molecule has 104 valence electrons. The molecule has 0 radical (unpaired) electrons. The monoisotopic (exact) mass is 262 g/mol. The lowest BCUT2D eigenvalue weighted by molar-refractivity contribution is -0.136. The van der Waals surface area contributed by atoms with Crippen molar-refractivity contribution in [1.29, 1.82) is 0 Å². The fourth-order valence-corrected chi connectivity index (χ4v) is 2.61. The van der Waals surface area contributed by atoms with E-state index in [1.54, 1.807) is 0 Å². The van der Waals surface area contributed by atoms with Crippen LogP contribution < -0.4 is 11.1 Å². The van der Waals surface area contributed by atoms with E-state index in [0.29, 0.717) is 6.04 Å². The van der Waals surface area contributed by atoms with Crippen molar-refractivity contribution in [2.45, 2.75) is 50.7 Å². The molecule has 4 nitrogen and oxygen atoms in total. The van der Waals surface area contributed by atoms with E-state index in [0.717, 1.165) is 24.9 Å². The highest BCUT2D eigenvalue weighted by atomic mass is 16.4. The Labute approximate surface area is 114 Å². The second kappa shape index (κ2) is 6.68. The Morgan fingerprint density at radius 3 is 2.47 bits per heavy atom. The summed E-state index contributed by atoms with van der Waals surface area (Å²) in [6.07, 6.45) is 4.83. The molecule has 1 aliphatic rings. The fourth-order valence-electron chi connectivity index (χ4n) is 2.61. The Kier molecular flexibility index (Phi) is 4.93. The Bertz CT molecular complexity index is 417. The van der Waals surface area contributed by atoms with Crippen LogP contribution in [0, 0.1) is 0 Å². The third kappa shape index (κ3) is 4.33. The number of benzene rings is 1. The van der Waals surface area contributed by atoms with Crippen LogP contribution in [0.3, 0.4) is 0 Å². The van der Waals surface area contributed by atoms with Crippen LogP contribution in [-0.4, -0.2) is 23.2 Å². The summed E-state index contributed by atoms with van der Waals surface area (Å²) in [5.41, 5.74) is 8.11. The van der Waals surface area contributed by atoms with Crippen LogP contribution in [0.4, 0.5) is 0 Å². The van der Waals surface area contributed by atoms with Gasteiger partial charge in [0.2, 0.25) is 0 Å². The van der Waals surface area contributed by atoms with E-state index < -0.39 is 5.97 Å². The summed E-state index contributed by atoms with van der Waals surface area (Å²) in [7, 11) is 0. The summed E-state index contributed by atoms with van der Waals surface area (Å²) in [5.74, 6) is -0.793. The first-order valence-electron chi connectivity index (χ1n) is 6.94. The van der Waals surface area contributed by atoms with Crippen LogP contribution in [-0.2, 0) is 17.8 Å². The summed E-state index contributed by atoms with van der Waals surface area (Å²) in [6, 6.07) is 8.41. The first-order valence-corrected chi connectivity index (χ1v) is 6.94. The van der Waals surface area contributed by atoms with E-state index in [2.05, 4.69) is 5.32 Å². The molecule has 1 aromatic rings. The molecule has 1 saturated carbocycles. The van der Waals surface area contributed by atoms with Gasteiger partial charge in [-0.2, -0.15) is 0 Å². The molecule has 2 unspecified atom stereocenters. The van der Waals surface area contributed by atoms with E-state index in [1.807, 2.05) is 24.3 Å². The quantitative estimate of drug-likeness (QED) is 0.754. The molecule has 1 fully saturated rings. The van der Waals surface area contributed by atoms with Crippen molar-refractivity contribution in [3.63, 3.8) is 0 Å². The molecule has 0 aliphatic heterocycles. The van der Waals surface area contributed by atoms with Crippen molar-refractivity contribution < 1.29 is 9.90 Å². The molecular weight excluding hydrogens is 240 g/mol. The van der Waals surface area contributed by atoms with Gasteiger partial charge in [0.25, 0.3) is 0 Å². The number of carboxylic acids is 1. The smallest absolute Gasteiger partial charge is 0.307 e. The fraction of sp³-hybridized carbons (Fsp3) is 0.533. The van der Waals surface area contributed by atoms with Crippen molar-refractivity contribution in [3.8, 4) is 0 Å². The molecule has 1 aliphatic carbocycles. The highest BCUT2D eigenvalue weighted by Crippen LogP contribution is 2.17. The summed E-state index contributed by atoms with van der Waals surface area (Å²) < 4.78 is 0. The zero-order valence-corrected chi connectivity index (χ0v) is 11.1. The first-order chi connectivity index (χ1) is 9.15. The molecule has 2 atom stereocenters. The minimum absolute atomic E-state index is 0.0845. The van der Waals surface area contributed by atoms with Gasteiger partial charge < -0.3 is 16.2 Å². The van der Waals surface area contributed by atoms with Gasteiger partial charge in [-0.1, -0.05) is 37.1 Å². The SMILES string of the molecule is NC1CCCCC1NCc1ccc(CC(=O)O)cc1. The van der Waals surface area contributed by atoms with Crippen LogP contribution in [0.15, 0.2) is 24.3 Å². The molecule has 0 saturated heterocycles. The number of nitrogens with one attached hydrogen (secondary N) is 1. The van der Waals surface area contributed by atoms with E-state index in [1.165, 1.54) is 18.4 Å². The maximum Gasteiger partial charge on any atom is 0.307 e. The highest BCUT2D eigenvalue weighted by Gasteiger charge is 2.20. The lowest BCUT2D eigenvalue weighted by Gasteiger charge is -2.29. The predicted molar refractivity (Wildman–Crippen MR) is 74.9 cm³/mol. The second-order valence-corrected chi connectivity index (χ2v) is 5.32. The number of carbonyl (C=O) groups is 1. The largest absolute Gasteiger partial charge is 0.481 e. The molecule has 4 heteroatoms. The van der Waals surface area contributed by atoms with Crippen LogP contribution >= 0.6 is 0 Å². The normalized spacial score (nSPS) is 23.2. The van der Waals surface area contributed by atoms with E-state index in [4.69, 9.17) is 10.8 Å². The van der Waals surface area contributed by atoms with Crippen molar-refractivity contribution in [3.05, 3.63) is 35.4 Å². The van der Waals surface area contributed by atoms with Gasteiger partial charge in [-0.3, -0.25) is 4.79 Å². The third-order valence-corrected chi connectivity index (χ3v) is 3.77. The number of hydrogen-bond acceptors (Lipinski definition) is 3. The van der Waals surface area contributed by atoms with Crippen molar-refractivity contribution >= 4 is 5.97 Å².